The normalized spacial score (nSPS) is 15.1. The molecule has 0 bridgehead atoms. The van der Waals surface area contributed by atoms with Crippen molar-refractivity contribution in [3.8, 4) is 11.3 Å². The summed E-state index contributed by atoms with van der Waals surface area (Å²) >= 11 is 7.88. The summed E-state index contributed by atoms with van der Waals surface area (Å²) < 4.78 is 20.9. The first kappa shape index (κ1) is 23.8. The molecule has 0 saturated carbocycles. The first-order valence-electron chi connectivity index (χ1n) is 10.9. The summed E-state index contributed by atoms with van der Waals surface area (Å²) in [6, 6.07) is 8.44. The van der Waals surface area contributed by atoms with Gasteiger partial charge in [0.1, 0.15) is 23.5 Å². The molecular formula is C23H26ClFN4O3S. The number of imidazole rings is 1. The Morgan fingerprint density at radius 2 is 2.09 bits per heavy atom. The predicted octanol–water partition coefficient (Wildman–Crippen LogP) is 5.66. The van der Waals surface area contributed by atoms with Gasteiger partial charge in [-0.15, -0.1) is 0 Å². The Balaban J connectivity index is 1.34. The van der Waals surface area contributed by atoms with Crippen molar-refractivity contribution in [3.63, 3.8) is 0 Å². The second kappa shape index (κ2) is 10.3. The molecule has 10 heteroatoms. The third kappa shape index (κ3) is 5.77. The highest BCUT2D eigenvalue weighted by Crippen LogP contribution is 2.31. The SMILES string of the molecule is CC(C)C(CN1CCc2oc(-c3ccc(F)cc3)cc2C1)SCCn1cc([N+](=O)[O-])nc1Cl. The predicted molar refractivity (Wildman–Crippen MR) is 128 cm³/mol. The number of aryl methyl sites for hydroxylation is 1. The fourth-order valence-electron chi connectivity index (χ4n) is 3.94. The zero-order chi connectivity index (χ0) is 23.5. The van der Waals surface area contributed by atoms with Crippen molar-refractivity contribution >= 4 is 29.2 Å². The Morgan fingerprint density at radius 1 is 1.33 bits per heavy atom. The van der Waals surface area contributed by atoms with Crippen molar-refractivity contribution in [2.24, 2.45) is 5.92 Å². The van der Waals surface area contributed by atoms with Gasteiger partial charge in [-0.2, -0.15) is 11.8 Å². The summed E-state index contributed by atoms with van der Waals surface area (Å²) in [5.41, 5.74) is 2.07. The van der Waals surface area contributed by atoms with E-state index in [2.05, 4.69) is 29.8 Å². The van der Waals surface area contributed by atoms with Crippen LogP contribution in [0.5, 0.6) is 0 Å². The molecule has 0 amide bonds. The van der Waals surface area contributed by atoms with Crippen molar-refractivity contribution in [3.05, 3.63) is 69.1 Å². The molecule has 0 aliphatic carbocycles. The number of hydrogen-bond donors (Lipinski definition) is 0. The van der Waals surface area contributed by atoms with Gasteiger partial charge in [0.2, 0.25) is 0 Å². The smallest absolute Gasteiger partial charge is 0.383 e. The third-order valence-electron chi connectivity index (χ3n) is 5.82. The van der Waals surface area contributed by atoms with Gasteiger partial charge in [0, 0.05) is 54.7 Å². The molecule has 1 atom stereocenters. The highest BCUT2D eigenvalue weighted by Gasteiger charge is 2.25. The largest absolute Gasteiger partial charge is 0.461 e. The van der Waals surface area contributed by atoms with Gasteiger partial charge in [0.15, 0.2) is 0 Å². The average Bonchev–Trinajstić information content (AvgIpc) is 3.36. The Kier molecular flexibility index (Phi) is 7.41. The summed E-state index contributed by atoms with van der Waals surface area (Å²) in [6.45, 7) is 7.69. The molecule has 4 rings (SSSR count). The van der Waals surface area contributed by atoms with E-state index < -0.39 is 4.92 Å². The van der Waals surface area contributed by atoms with Crippen LogP contribution in [0.25, 0.3) is 11.3 Å². The lowest BCUT2D eigenvalue weighted by Crippen LogP contribution is -2.37. The molecule has 176 valence electrons. The number of aromatic nitrogens is 2. The van der Waals surface area contributed by atoms with Gasteiger partial charge in [-0.05, 0) is 57.8 Å². The molecule has 2 aromatic heterocycles. The van der Waals surface area contributed by atoms with E-state index in [1.807, 2.05) is 11.8 Å². The summed E-state index contributed by atoms with van der Waals surface area (Å²) in [5.74, 6) is 2.57. The number of benzene rings is 1. The Hall–Kier alpha value is -2.36. The molecule has 1 aliphatic rings. The lowest BCUT2D eigenvalue weighted by molar-refractivity contribution is -0.389. The summed E-state index contributed by atoms with van der Waals surface area (Å²) in [5, 5.41) is 11.4. The van der Waals surface area contributed by atoms with E-state index in [0.717, 1.165) is 48.9 Å². The lowest BCUT2D eigenvalue weighted by Gasteiger charge is -2.31. The average molecular weight is 493 g/mol. The zero-order valence-electron chi connectivity index (χ0n) is 18.5. The second-order valence-electron chi connectivity index (χ2n) is 8.52. The van der Waals surface area contributed by atoms with Crippen LogP contribution in [0.2, 0.25) is 5.28 Å². The maximum Gasteiger partial charge on any atom is 0.383 e. The monoisotopic (exact) mass is 492 g/mol. The third-order valence-corrected chi connectivity index (χ3v) is 7.66. The van der Waals surface area contributed by atoms with Crippen molar-refractivity contribution < 1.29 is 13.7 Å². The van der Waals surface area contributed by atoms with Gasteiger partial charge in [0.25, 0.3) is 0 Å². The molecule has 0 fully saturated rings. The van der Waals surface area contributed by atoms with E-state index >= 15 is 0 Å². The number of furan rings is 1. The topological polar surface area (TPSA) is 77.3 Å². The highest BCUT2D eigenvalue weighted by molar-refractivity contribution is 7.99. The minimum absolute atomic E-state index is 0.142. The van der Waals surface area contributed by atoms with E-state index in [4.69, 9.17) is 16.0 Å². The van der Waals surface area contributed by atoms with Crippen LogP contribution in [0.4, 0.5) is 10.2 Å². The van der Waals surface area contributed by atoms with Gasteiger partial charge in [-0.3, -0.25) is 9.47 Å². The molecule has 0 radical (unpaired) electrons. The van der Waals surface area contributed by atoms with Crippen LogP contribution in [0.1, 0.15) is 25.2 Å². The minimum Gasteiger partial charge on any atom is -0.461 e. The summed E-state index contributed by atoms with van der Waals surface area (Å²) in [6.07, 6.45) is 2.23. The Labute approximate surface area is 201 Å². The van der Waals surface area contributed by atoms with E-state index in [1.165, 1.54) is 23.9 Å². The molecular weight excluding hydrogens is 467 g/mol. The Bertz CT molecular complexity index is 1120. The minimum atomic E-state index is -0.533. The van der Waals surface area contributed by atoms with E-state index in [-0.39, 0.29) is 16.9 Å². The maximum atomic E-state index is 13.2. The maximum absolute atomic E-state index is 13.2. The summed E-state index contributed by atoms with van der Waals surface area (Å²) in [7, 11) is 0. The van der Waals surface area contributed by atoms with Crippen LogP contribution in [-0.2, 0) is 19.5 Å². The van der Waals surface area contributed by atoms with Gasteiger partial charge < -0.3 is 14.5 Å². The number of thioether (sulfide) groups is 1. The van der Waals surface area contributed by atoms with Crippen LogP contribution in [0, 0.1) is 21.8 Å². The van der Waals surface area contributed by atoms with Crippen LogP contribution in [0.15, 0.2) is 40.9 Å². The van der Waals surface area contributed by atoms with Crippen molar-refractivity contribution in [1.29, 1.82) is 0 Å². The fourth-order valence-corrected chi connectivity index (χ4v) is 5.47. The quantitative estimate of drug-likeness (QED) is 0.283. The molecule has 1 unspecified atom stereocenters. The van der Waals surface area contributed by atoms with Gasteiger partial charge >= 0.3 is 11.1 Å². The van der Waals surface area contributed by atoms with Crippen molar-refractivity contribution in [2.45, 2.75) is 38.6 Å². The number of fused-ring (bicyclic) bond motifs is 1. The second-order valence-corrected chi connectivity index (χ2v) is 10.2. The van der Waals surface area contributed by atoms with E-state index in [1.54, 1.807) is 16.7 Å². The molecule has 3 aromatic rings. The van der Waals surface area contributed by atoms with Gasteiger partial charge in [-0.25, -0.2) is 4.39 Å². The van der Waals surface area contributed by atoms with Crippen LogP contribution in [0.3, 0.4) is 0 Å². The number of hydrogen-bond acceptors (Lipinski definition) is 6. The standard InChI is InChI=1S/C23H26ClFN4O3S/c1-15(2)21(33-10-9-28-14-22(29(30)31)26-23(28)24)13-27-8-7-19-17(12-27)11-20(32-19)16-3-5-18(25)6-4-16/h3-6,11,14-15,21H,7-10,12-13H2,1-2H3. The lowest BCUT2D eigenvalue weighted by atomic mass is 10.1. The molecule has 3 heterocycles. The fraction of sp³-hybridized carbons (Fsp3) is 0.435. The van der Waals surface area contributed by atoms with Crippen LogP contribution in [-0.4, -0.2) is 43.5 Å². The van der Waals surface area contributed by atoms with E-state index in [0.29, 0.717) is 17.7 Å². The van der Waals surface area contributed by atoms with E-state index in [9.17, 15) is 14.5 Å². The molecule has 1 aromatic carbocycles. The molecule has 1 aliphatic heterocycles. The number of nitrogens with zero attached hydrogens (tertiary/aromatic N) is 4. The molecule has 0 saturated heterocycles. The molecule has 0 spiro atoms. The number of rotatable bonds is 9. The highest BCUT2D eigenvalue weighted by atomic mass is 35.5. The van der Waals surface area contributed by atoms with Crippen LogP contribution < -0.4 is 0 Å². The molecule has 33 heavy (non-hydrogen) atoms. The number of halogens is 2. The van der Waals surface area contributed by atoms with Gasteiger partial charge in [-0.1, -0.05) is 13.8 Å². The van der Waals surface area contributed by atoms with Crippen LogP contribution >= 0.6 is 23.4 Å². The number of nitro groups is 1. The molecule has 7 nitrogen and oxygen atoms in total. The summed E-state index contributed by atoms with van der Waals surface area (Å²) in [4.78, 5) is 16.6. The zero-order valence-corrected chi connectivity index (χ0v) is 20.1. The first-order valence-corrected chi connectivity index (χ1v) is 12.3. The van der Waals surface area contributed by atoms with Crippen molar-refractivity contribution in [1.82, 2.24) is 14.5 Å². The molecule has 0 N–H and O–H groups in total. The Morgan fingerprint density at radius 3 is 2.76 bits per heavy atom. The van der Waals surface area contributed by atoms with Gasteiger partial charge in [0.05, 0.1) is 0 Å². The van der Waals surface area contributed by atoms with Crippen molar-refractivity contribution in [2.75, 3.05) is 18.8 Å². The first-order chi connectivity index (χ1) is 15.8.